The van der Waals surface area contributed by atoms with Crippen LogP contribution in [0.5, 0.6) is 0 Å². The van der Waals surface area contributed by atoms with Crippen LogP contribution in [-0.2, 0) is 6.18 Å². The minimum absolute atomic E-state index is 0.0892. The smallest absolute Gasteiger partial charge is 0.338 e. The van der Waals surface area contributed by atoms with Crippen molar-refractivity contribution in [1.29, 1.82) is 0 Å². The molecule has 1 heterocycles. The van der Waals surface area contributed by atoms with E-state index in [9.17, 15) is 18.0 Å². The van der Waals surface area contributed by atoms with Gasteiger partial charge in [-0.25, -0.2) is 0 Å². The normalized spacial score (nSPS) is 19.4. The zero-order chi connectivity index (χ0) is 14.8. The van der Waals surface area contributed by atoms with Crippen LogP contribution in [0.1, 0.15) is 28.8 Å². The van der Waals surface area contributed by atoms with Gasteiger partial charge >= 0.3 is 6.18 Å². The van der Waals surface area contributed by atoms with Crippen molar-refractivity contribution in [3.05, 3.63) is 35.4 Å². The van der Waals surface area contributed by atoms with Crippen molar-refractivity contribution in [2.75, 3.05) is 19.0 Å². The average Bonchev–Trinajstić information content (AvgIpc) is 2.86. The number of carbonyl (C=O) groups excluding carboxylic acids is 1. The third-order valence-corrected chi connectivity index (χ3v) is 3.75. The molecular formula is C14H15ClF3NO. The summed E-state index contributed by atoms with van der Waals surface area (Å²) in [7, 11) is 0. The molecule has 1 amide bonds. The molecule has 1 aromatic rings. The van der Waals surface area contributed by atoms with Gasteiger partial charge in [0.1, 0.15) is 0 Å². The van der Waals surface area contributed by atoms with Gasteiger partial charge in [-0.2, -0.15) is 13.2 Å². The van der Waals surface area contributed by atoms with Gasteiger partial charge in [-0.3, -0.25) is 4.79 Å². The Hall–Kier alpha value is -1.23. The molecule has 1 unspecified atom stereocenters. The molecule has 0 aromatic heterocycles. The maximum absolute atomic E-state index is 12.6. The Labute approximate surface area is 120 Å². The lowest BCUT2D eigenvalue weighted by Crippen LogP contribution is -2.29. The van der Waals surface area contributed by atoms with Crippen molar-refractivity contribution < 1.29 is 18.0 Å². The Balaban J connectivity index is 2.10. The molecule has 0 aliphatic carbocycles. The Morgan fingerprint density at radius 2 is 2.15 bits per heavy atom. The molecule has 0 radical (unpaired) electrons. The van der Waals surface area contributed by atoms with Crippen molar-refractivity contribution in [2.24, 2.45) is 5.92 Å². The molecule has 1 aromatic carbocycles. The molecule has 1 saturated heterocycles. The van der Waals surface area contributed by atoms with E-state index < -0.39 is 11.7 Å². The van der Waals surface area contributed by atoms with E-state index in [4.69, 9.17) is 11.6 Å². The van der Waals surface area contributed by atoms with E-state index in [1.807, 2.05) is 0 Å². The fraction of sp³-hybridized carbons (Fsp3) is 0.500. The van der Waals surface area contributed by atoms with Crippen LogP contribution in [0.3, 0.4) is 0 Å². The number of benzene rings is 1. The first-order valence-electron chi connectivity index (χ1n) is 6.44. The topological polar surface area (TPSA) is 20.3 Å². The van der Waals surface area contributed by atoms with E-state index in [2.05, 4.69) is 0 Å². The highest BCUT2D eigenvalue weighted by Crippen LogP contribution is 2.30. The summed E-state index contributed by atoms with van der Waals surface area (Å²) < 4.78 is 37.9. The number of rotatable bonds is 3. The van der Waals surface area contributed by atoms with Crippen LogP contribution in [-0.4, -0.2) is 29.8 Å². The summed E-state index contributed by atoms with van der Waals surface area (Å²) in [5.74, 6) is 0.548. The molecule has 1 fully saturated rings. The van der Waals surface area contributed by atoms with Gasteiger partial charge in [-0.1, -0.05) is 6.07 Å². The molecule has 1 atom stereocenters. The number of likely N-dealkylation sites (tertiary alicyclic amines) is 1. The molecular weight excluding hydrogens is 291 g/mol. The van der Waals surface area contributed by atoms with Gasteiger partial charge in [0, 0.05) is 24.5 Å². The Kier molecular flexibility index (Phi) is 4.58. The number of nitrogens with zero attached hydrogens (tertiary/aromatic N) is 1. The minimum atomic E-state index is -4.43. The third kappa shape index (κ3) is 3.45. The maximum Gasteiger partial charge on any atom is 0.416 e. The molecule has 1 aliphatic heterocycles. The van der Waals surface area contributed by atoms with Gasteiger partial charge in [0.15, 0.2) is 0 Å². The van der Waals surface area contributed by atoms with Crippen molar-refractivity contribution in [3.8, 4) is 0 Å². The third-order valence-electron chi connectivity index (χ3n) is 3.53. The molecule has 0 N–H and O–H groups in total. The van der Waals surface area contributed by atoms with E-state index in [1.165, 1.54) is 12.1 Å². The largest absolute Gasteiger partial charge is 0.416 e. The fourth-order valence-electron chi connectivity index (χ4n) is 2.42. The Morgan fingerprint density at radius 1 is 1.40 bits per heavy atom. The first kappa shape index (κ1) is 15.2. The molecule has 0 saturated carbocycles. The molecule has 20 heavy (non-hydrogen) atoms. The molecule has 0 spiro atoms. The predicted molar refractivity (Wildman–Crippen MR) is 70.8 cm³/mol. The zero-order valence-electron chi connectivity index (χ0n) is 10.8. The lowest BCUT2D eigenvalue weighted by Gasteiger charge is -2.17. The Bertz CT molecular complexity index is 490. The number of carbonyl (C=O) groups is 1. The van der Waals surface area contributed by atoms with Crippen LogP contribution >= 0.6 is 11.6 Å². The van der Waals surface area contributed by atoms with Crippen molar-refractivity contribution in [1.82, 2.24) is 4.90 Å². The quantitative estimate of drug-likeness (QED) is 0.778. The standard InChI is InChI=1S/C14H15ClF3NO/c15-6-4-10-5-7-19(9-10)13(20)11-2-1-3-12(8-11)14(16,17)18/h1-3,8,10H,4-7,9H2. The molecule has 6 heteroatoms. The van der Waals surface area contributed by atoms with Crippen LogP contribution in [0.4, 0.5) is 13.2 Å². The van der Waals surface area contributed by atoms with E-state index in [-0.39, 0.29) is 11.5 Å². The molecule has 2 nitrogen and oxygen atoms in total. The van der Waals surface area contributed by atoms with Gasteiger partial charge in [0.2, 0.25) is 0 Å². The first-order chi connectivity index (χ1) is 9.41. The van der Waals surface area contributed by atoms with Crippen LogP contribution in [0.2, 0.25) is 0 Å². The highest BCUT2D eigenvalue weighted by Gasteiger charge is 2.32. The number of hydrogen-bond donors (Lipinski definition) is 0. The lowest BCUT2D eigenvalue weighted by atomic mass is 10.1. The van der Waals surface area contributed by atoms with Gasteiger partial charge in [0.25, 0.3) is 5.91 Å². The molecule has 0 bridgehead atoms. The van der Waals surface area contributed by atoms with Gasteiger partial charge in [0.05, 0.1) is 5.56 Å². The second kappa shape index (κ2) is 6.04. The van der Waals surface area contributed by atoms with Crippen molar-refractivity contribution >= 4 is 17.5 Å². The summed E-state index contributed by atoms with van der Waals surface area (Å²) in [6.07, 6.45) is -2.74. The average molecular weight is 306 g/mol. The second-order valence-corrected chi connectivity index (χ2v) is 5.34. The number of amides is 1. The summed E-state index contributed by atoms with van der Waals surface area (Å²) in [4.78, 5) is 13.8. The van der Waals surface area contributed by atoms with Crippen LogP contribution in [0.25, 0.3) is 0 Å². The van der Waals surface area contributed by atoms with Crippen LogP contribution in [0.15, 0.2) is 24.3 Å². The second-order valence-electron chi connectivity index (χ2n) is 4.96. The molecule has 2 rings (SSSR count). The monoisotopic (exact) mass is 305 g/mol. The molecule has 110 valence electrons. The SMILES string of the molecule is O=C(c1cccc(C(F)(F)F)c1)N1CCC(CCCl)C1. The van der Waals surface area contributed by atoms with Gasteiger partial charge < -0.3 is 4.90 Å². The summed E-state index contributed by atoms with van der Waals surface area (Å²) in [5, 5.41) is 0. The summed E-state index contributed by atoms with van der Waals surface area (Å²) in [5.41, 5.74) is -0.703. The van der Waals surface area contributed by atoms with E-state index >= 15 is 0 Å². The highest BCUT2D eigenvalue weighted by atomic mass is 35.5. The highest BCUT2D eigenvalue weighted by molar-refractivity contribution is 6.17. The van der Waals surface area contributed by atoms with Gasteiger partial charge in [-0.15, -0.1) is 11.6 Å². The van der Waals surface area contributed by atoms with E-state index in [0.29, 0.717) is 24.9 Å². The maximum atomic E-state index is 12.6. The van der Waals surface area contributed by atoms with Crippen LogP contribution in [0, 0.1) is 5.92 Å². The van der Waals surface area contributed by atoms with E-state index in [0.717, 1.165) is 25.0 Å². The molecule has 1 aliphatic rings. The first-order valence-corrected chi connectivity index (χ1v) is 6.98. The zero-order valence-corrected chi connectivity index (χ0v) is 11.5. The predicted octanol–water partition coefficient (Wildman–Crippen LogP) is 3.80. The van der Waals surface area contributed by atoms with Gasteiger partial charge in [-0.05, 0) is 37.0 Å². The minimum Gasteiger partial charge on any atom is -0.338 e. The fourth-order valence-corrected chi connectivity index (χ4v) is 2.73. The summed E-state index contributed by atoms with van der Waals surface area (Å²) in [6.45, 7) is 1.15. The summed E-state index contributed by atoms with van der Waals surface area (Å²) >= 11 is 5.67. The number of halogens is 4. The van der Waals surface area contributed by atoms with E-state index in [1.54, 1.807) is 4.90 Å². The van der Waals surface area contributed by atoms with Crippen molar-refractivity contribution in [3.63, 3.8) is 0 Å². The van der Waals surface area contributed by atoms with Crippen LogP contribution < -0.4 is 0 Å². The lowest BCUT2D eigenvalue weighted by molar-refractivity contribution is -0.137. The van der Waals surface area contributed by atoms with Crippen molar-refractivity contribution in [2.45, 2.75) is 19.0 Å². The Morgan fingerprint density at radius 3 is 2.80 bits per heavy atom. The summed E-state index contributed by atoms with van der Waals surface area (Å²) in [6, 6.07) is 4.57. The number of hydrogen-bond acceptors (Lipinski definition) is 1. The number of alkyl halides is 4.